The van der Waals surface area contributed by atoms with E-state index in [1.54, 1.807) is 19.3 Å². The molecule has 0 aliphatic carbocycles. The molecule has 1 aromatic carbocycles. The summed E-state index contributed by atoms with van der Waals surface area (Å²) in [6, 6.07) is 9.25. The van der Waals surface area contributed by atoms with E-state index >= 15 is 0 Å². The van der Waals surface area contributed by atoms with E-state index in [0.717, 1.165) is 5.56 Å². The number of halogens is 3. The van der Waals surface area contributed by atoms with Crippen molar-refractivity contribution in [2.75, 3.05) is 13.6 Å². The number of carbonyl (C=O) groups is 1. The standard InChI is InChI=1S/C16H18FN3O2.2ClH/c1-18-9-8-15(21)19-10-12-2-7-16(20-11-12)22-14-5-3-13(17)4-6-14;;/h2-7,11,18H,8-10H2,1H3,(H,19,21);2*1H. The third kappa shape index (κ3) is 7.59. The molecule has 1 heterocycles. The summed E-state index contributed by atoms with van der Waals surface area (Å²) in [6.45, 7) is 1.07. The van der Waals surface area contributed by atoms with Gasteiger partial charge in [-0.3, -0.25) is 4.79 Å². The number of amides is 1. The SMILES string of the molecule is CNCCC(=O)NCc1ccc(Oc2ccc(F)cc2)nc1.Cl.Cl. The van der Waals surface area contributed by atoms with E-state index in [4.69, 9.17) is 4.74 Å². The first kappa shape index (κ1) is 22.1. The van der Waals surface area contributed by atoms with Crippen LogP contribution >= 0.6 is 24.8 Å². The Labute approximate surface area is 152 Å². The summed E-state index contributed by atoms with van der Waals surface area (Å²) in [4.78, 5) is 15.6. The first-order valence-corrected chi connectivity index (χ1v) is 6.97. The monoisotopic (exact) mass is 375 g/mol. The average Bonchev–Trinajstić information content (AvgIpc) is 2.54. The van der Waals surface area contributed by atoms with Gasteiger partial charge in [-0.05, 0) is 36.9 Å². The van der Waals surface area contributed by atoms with Crippen LogP contribution in [0, 0.1) is 5.82 Å². The summed E-state index contributed by atoms with van der Waals surface area (Å²) in [6.07, 6.45) is 2.08. The quantitative estimate of drug-likeness (QED) is 0.780. The maximum Gasteiger partial charge on any atom is 0.221 e. The smallest absolute Gasteiger partial charge is 0.221 e. The van der Waals surface area contributed by atoms with Gasteiger partial charge in [0.1, 0.15) is 11.6 Å². The Morgan fingerprint density at radius 2 is 1.88 bits per heavy atom. The topological polar surface area (TPSA) is 63.2 Å². The normalized spacial score (nSPS) is 9.42. The highest BCUT2D eigenvalue weighted by molar-refractivity contribution is 5.85. The number of pyridine rings is 1. The molecule has 0 aliphatic heterocycles. The molecule has 0 aliphatic rings. The fraction of sp³-hybridized carbons (Fsp3) is 0.250. The Morgan fingerprint density at radius 1 is 1.17 bits per heavy atom. The van der Waals surface area contributed by atoms with Crippen molar-refractivity contribution in [3.63, 3.8) is 0 Å². The van der Waals surface area contributed by atoms with E-state index in [1.165, 1.54) is 24.3 Å². The second kappa shape index (κ2) is 11.6. The van der Waals surface area contributed by atoms with Crippen LogP contribution in [-0.4, -0.2) is 24.5 Å². The molecule has 1 amide bonds. The van der Waals surface area contributed by atoms with Crippen LogP contribution in [0.25, 0.3) is 0 Å². The van der Waals surface area contributed by atoms with Crippen LogP contribution < -0.4 is 15.4 Å². The number of rotatable bonds is 7. The van der Waals surface area contributed by atoms with E-state index in [1.807, 2.05) is 6.07 Å². The van der Waals surface area contributed by atoms with Gasteiger partial charge < -0.3 is 15.4 Å². The molecule has 2 aromatic rings. The van der Waals surface area contributed by atoms with Gasteiger partial charge in [0.15, 0.2) is 0 Å². The molecule has 2 N–H and O–H groups in total. The molecule has 5 nitrogen and oxygen atoms in total. The third-order valence-corrected chi connectivity index (χ3v) is 2.93. The summed E-state index contributed by atoms with van der Waals surface area (Å²) in [5.41, 5.74) is 0.879. The van der Waals surface area contributed by atoms with Gasteiger partial charge in [-0.15, -0.1) is 24.8 Å². The molecule has 0 fully saturated rings. The van der Waals surface area contributed by atoms with Crippen molar-refractivity contribution in [3.8, 4) is 11.6 Å². The summed E-state index contributed by atoms with van der Waals surface area (Å²) in [5.74, 6) is 0.601. The fourth-order valence-electron chi connectivity index (χ4n) is 1.73. The zero-order valence-corrected chi connectivity index (χ0v) is 14.8. The number of hydrogen-bond donors (Lipinski definition) is 2. The Kier molecular flexibility index (Phi) is 10.7. The summed E-state index contributed by atoms with van der Waals surface area (Å²) in [5, 5.41) is 5.73. The van der Waals surface area contributed by atoms with Crippen molar-refractivity contribution in [2.45, 2.75) is 13.0 Å². The van der Waals surface area contributed by atoms with Gasteiger partial charge in [0.2, 0.25) is 11.8 Å². The maximum absolute atomic E-state index is 12.8. The largest absolute Gasteiger partial charge is 0.439 e. The van der Waals surface area contributed by atoms with E-state index in [0.29, 0.717) is 31.1 Å². The predicted molar refractivity (Wildman–Crippen MR) is 95.6 cm³/mol. The second-order valence-corrected chi connectivity index (χ2v) is 4.69. The highest BCUT2D eigenvalue weighted by Gasteiger charge is 2.02. The molecular formula is C16H20Cl2FN3O2. The van der Waals surface area contributed by atoms with Gasteiger partial charge in [0.25, 0.3) is 0 Å². The number of carbonyl (C=O) groups excluding carboxylic acids is 1. The van der Waals surface area contributed by atoms with Gasteiger partial charge in [0, 0.05) is 31.8 Å². The van der Waals surface area contributed by atoms with Crippen LogP contribution in [-0.2, 0) is 11.3 Å². The Balaban J connectivity index is 0.00000264. The summed E-state index contributed by atoms with van der Waals surface area (Å²) >= 11 is 0. The van der Waals surface area contributed by atoms with Crippen molar-refractivity contribution in [3.05, 3.63) is 54.0 Å². The van der Waals surface area contributed by atoms with E-state index in [-0.39, 0.29) is 36.5 Å². The molecule has 8 heteroatoms. The van der Waals surface area contributed by atoms with Crippen molar-refractivity contribution in [1.29, 1.82) is 0 Å². The minimum Gasteiger partial charge on any atom is -0.439 e. The van der Waals surface area contributed by atoms with Crippen LogP contribution in [0.3, 0.4) is 0 Å². The van der Waals surface area contributed by atoms with Gasteiger partial charge >= 0.3 is 0 Å². The van der Waals surface area contributed by atoms with E-state index < -0.39 is 0 Å². The zero-order chi connectivity index (χ0) is 15.8. The van der Waals surface area contributed by atoms with Crippen molar-refractivity contribution in [2.24, 2.45) is 0 Å². The van der Waals surface area contributed by atoms with Gasteiger partial charge in [0.05, 0.1) is 0 Å². The Morgan fingerprint density at radius 3 is 2.46 bits per heavy atom. The molecule has 0 atom stereocenters. The van der Waals surface area contributed by atoms with Crippen molar-refractivity contribution < 1.29 is 13.9 Å². The fourth-order valence-corrected chi connectivity index (χ4v) is 1.73. The van der Waals surface area contributed by atoms with Crippen LogP contribution in [0.4, 0.5) is 4.39 Å². The van der Waals surface area contributed by atoms with Gasteiger partial charge in [-0.2, -0.15) is 0 Å². The molecule has 132 valence electrons. The number of aromatic nitrogens is 1. The van der Waals surface area contributed by atoms with E-state index in [9.17, 15) is 9.18 Å². The minimum absolute atomic E-state index is 0. The Bertz CT molecular complexity index is 610. The van der Waals surface area contributed by atoms with Gasteiger partial charge in [-0.25, -0.2) is 9.37 Å². The molecule has 0 unspecified atom stereocenters. The van der Waals surface area contributed by atoms with Crippen LogP contribution in [0.15, 0.2) is 42.6 Å². The lowest BCUT2D eigenvalue weighted by molar-refractivity contribution is -0.121. The maximum atomic E-state index is 12.8. The summed E-state index contributed by atoms with van der Waals surface area (Å²) in [7, 11) is 1.80. The Hall–Kier alpha value is -1.89. The second-order valence-electron chi connectivity index (χ2n) is 4.69. The lowest BCUT2D eigenvalue weighted by atomic mass is 10.2. The molecule has 2 rings (SSSR count). The number of nitrogens with zero attached hydrogens (tertiary/aromatic N) is 1. The molecule has 24 heavy (non-hydrogen) atoms. The average molecular weight is 376 g/mol. The van der Waals surface area contributed by atoms with Crippen molar-refractivity contribution in [1.82, 2.24) is 15.6 Å². The molecule has 1 aromatic heterocycles. The zero-order valence-electron chi connectivity index (χ0n) is 13.1. The molecule has 0 bridgehead atoms. The van der Waals surface area contributed by atoms with Crippen molar-refractivity contribution >= 4 is 30.7 Å². The summed E-state index contributed by atoms with van der Waals surface area (Å²) < 4.78 is 18.3. The highest BCUT2D eigenvalue weighted by Crippen LogP contribution is 2.19. The number of hydrogen-bond acceptors (Lipinski definition) is 4. The van der Waals surface area contributed by atoms with Gasteiger partial charge in [-0.1, -0.05) is 6.07 Å². The third-order valence-electron chi connectivity index (χ3n) is 2.93. The molecule has 0 radical (unpaired) electrons. The van der Waals surface area contributed by atoms with Crippen LogP contribution in [0.5, 0.6) is 11.6 Å². The van der Waals surface area contributed by atoms with Crippen LogP contribution in [0.1, 0.15) is 12.0 Å². The number of benzene rings is 1. The molecule has 0 saturated carbocycles. The molecule has 0 saturated heterocycles. The highest BCUT2D eigenvalue weighted by atomic mass is 35.5. The first-order chi connectivity index (χ1) is 10.7. The number of nitrogens with one attached hydrogen (secondary N) is 2. The molecular weight excluding hydrogens is 356 g/mol. The molecule has 0 spiro atoms. The first-order valence-electron chi connectivity index (χ1n) is 6.97. The lowest BCUT2D eigenvalue weighted by Crippen LogP contribution is -2.26. The minimum atomic E-state index is -0.315. The van der Waals surface area contributed by atoms with E-state index in [2.05, 4.69) is 15.6 Å². The van der Waals surface area contributed by atoms with Crippen LogP contribution in [0.2, 0.25) is 0 Å². The number of ether oxygens (including phenoxy) is 1. The predicted octanol–water partition coefficient (Wildman–Crippen LogP) is 3.08. The lowest BCUT2D eigenvalue weighted by Gasteiger charge is -2.07.